The van der Waals surface area contributed by atoms with Crippen LogP contribution in [-0.2, 0) is 25.0 Å². The molecule has 39 heavy (non-hydrogen) atoms. The molecule has 206 valence electrons. The maximum atomic E-state index is 13.4. The largest absolute Gasteiger partial charge is 0.454 e. The second-order valence-corrected chi connectivity index (χ2v) is 12.2. The van der Waals surface area contributed by atoms with Gasteiger partial charge in [-0.15, -0.1) is 0 Å². The quantitative estimate of drug-likeness (QED) is 0.453. The van der Waals surface area contributed by atoms with E-state index in [-0.39, 0.29) is 27.0 Å². The SMILES string of the molecule is Cc1ccc(NC(=O)C2(c3ccc4c(c3)OCO4)CC2)cc1-c1ccc(S(=O)(=O)N2CCC[C@H]2C(N)=O)cc1.[HH].[HH]. The van der Waals surface area contributed by atoms with Crippen LogP contribution in [0.2, 0.25) is 0 Å². The van der Waals surface area contributed by atoms with E-state index in [9.17, 15) is 18.0 Å². The Bertz CT molecular complexity index is 1590. The summed E-state index contributed by atoms with van der Waals surface area (Å²) in [6.45, 7) is 2.41. The third-order valence-corrected chi connectivity index (χ3v) is 9.83. The highest BCUT2D eigenvalue weighted by molar-refractivity contribution is 7.89. The number of hydrogen-bond donors (Lipinski definition) is 2. The molecule has 3 N–H and O–H groups in total. The summed E-state index contributed by atoms with van der Waals surface area (Å²) in [5.74, 6) is 0.635. The van der Waals surface area contributed by atoms with Gasteiger partial charge in [0.25, 0.3) is 0 Å². The van der Waals surface area contributed by atoms with Crippen molar-refractivity contribution in [1.29, 1.82) is 0 Å². The maximum Gasteiger partial charge on any atom is 0.243 e. The number of ether oxygens (including phenoxy) is 2. The van der Waals surface area contributed by atoms with Gasteiger partial charge in [0.1, 0.15) is 6.04 Å². The van der Waals surface area contributed by atoms with Gasteiger partial charge in [0, 0.05) is 15.1 Å². The minimum absolute atomic E-state index is 0. The molecule has 1 aliphatic carbocycles. The van der Waals surface area contributed by atoms with Gasteiger partial charge in [0.2, 0.25) is 28.6 Å². The molecule has 0 radical (unpaired) electrons. The predicted octanol–water partition coefficient (Wildman–Crippen LogP) is 4.19. The smallest absolute Gasteiger partial charge is 0.243 e. The summed E-state index contributed by atoms with van der Waals surface area (Å²) in [6.07, 6.45) is 2.53. The molecule has 3 aromatic rings. The van der Waals surface area contributed by atoms with Gasteiger partial charge in [-0.2, -0.15) is 4.31 Å². The lowest BCUT2D eigenvalue weighted by molar-refractivity contribution is -0.121. The van der Waals surface area contributed by atoms with Gasteiger partial charge >= 0.3 is 0 Å². The summed E-state index contributed by atoms with van der Waals surface area (Å²) in [7, 11) is -3.85. The number of hydrogen-bond acceptors (Lipinski definition) is 6. The average molecular weight is 552 g/mol. The molecule has 0 unspecified atom stereocenters. The van der Waals surface area contributed by atoms with E-state index in [4.69, 9.17) is 15.2 Å². The van der Waals surface area contributed by atoms with Crippen molar-refractivity contribution in [2.45, 2.75) is 49.0 Å². The summed E-state index contributed by atoms with van der Waals surface area (Å²) in [4.78, 5) is 25.3. The van der Waals surface area contributed by atoms with Gasteiger partial charge in [0.05, 0.1) is 10.3 Å². The van der Waals surface area contributed by atoms with Crippen LogP contribution in [0.5, 0.6) is 11.5 Å². The van der Waals surface area contributed by atoms with Crippen LogP contribution in [-0.4, -0.2) is 43.9 Å². The van der Waals surface area contributed by atoms with Crippen LogP contribution in [0, 0.1) is 6.92 Å². The van der Waals surface area contributed by atoms with Crippen molar-refractivity contribution >= 4 is 27.5 Å². The second-order valence-electron chi connectivity index (χ2n) is 10.3. The standard InChI is InChI=1S/C29H29N3O6S.2H2/c1-18-4-8-21(31-28(34)29(12-13-29)20-7-11-25-26(15-20)38-17-37-25)16-23(18)19-5-9-22(10-6-19)39(35,36)32-14-2-3-24(32)27(30)33;;/h4-11,15-16,24H,2-3,12-14,17H2,1H3,(H2,30,33)(H,31,34);2*1H/t24-;;/m0../s1. The average Bonchev–Trinajstić information content (AvgIpc) is 3.34. The highest BCUT2D eigenvalue weighted by atomic mass is 32.2. The van der Waals surface area contributed by atoms with E-state index in [2.05, 4.69) is 5.32 Å². The van der Waals surface area contributed by atoms with Crippen LogP contribution >= 0.6 is 0 Å². The Hall–Kier alpha value is -3.89. The number of nitrogens with zero attached hydrogens (tertiary/aromatic N) is 1. The summed E-state index contributed by atoms with van der Waals surface area (Å²) in [5.41, 5.74) is 9.06. The molecule has 2 aliphatic heterocycles. The third kappa shape index (κ3) is 4.43. The van der Waals surface area contributed by atoms with Crippen LogP contribution < -0.4 is 20.5 Å². The number of aryl methyl sites for hydroxylation is 1. The van der Waals surface area contributed by atoms with Gasteiger partial charge in [-0.3, -0.25) is 9.59 Å². The molecule has 9 nitrogen and oxygen atoms in total. The Kier molecular flexibility index (Phi) is 6.11. The van der Waals surface area contributed by atoms with Crippen molar-refractivity contribution in [3.05, 3.63) is 71.8 Å². The van der Waals surface area contributed by atoms with Gasteiger partial charge in [-0.25, -0.2) is 8.42 Å². The van der Waals surface area contributed by atoms with E-state index < -0.39 is 27.4 Å². The lowest BCUT2D eigenvalue weighted by Crippen LogP contribution is -2.43. The number of carbonyl (C=O) groups is 2. The third-order valence-electron chi connectivity index (χ3n) is 7.91. The molecule has 1 saturated heterocycles. The molecular formula is C29H33N3O6S. The number of rotatable bonds is 7. The Morgan fingerprint density at radius 1 is 1.03 bits per heavy atom. The highest BCUT2D eigenvalue weighted by Gasteiger charge is 2.51. The van der Waals surface area contributed by atoms with Crippen molar-refractivity contribution < 1.29 is 30.3 Å². The lowest BCUT2D eigenvalue weighted by atomic mass is 9.94. The summed E-state index contributed by atoms with van der Waals surface area (Å²) < 4.78 is 38.4. The van der Waals surface area contributed by atoms with Crippen molar-refractivity contribution in [3.8, 4) is 22.6 Å². The zero-order chi connectivity index (χ0) is 27.4. The molecule has 6 rings (SSSR count). The number of nitrogens with two attached hydrogens (primary N) is 1. The van der Waals surface area contributed by atoms with Gasteiger partial charge in [-0.05, 0) is 91.3 Å². The molecule has 0 spiro atoms. The number of primary amides is 1. The maximum absolute atomic E-state index is 13.4. The van der Waals surface area contributed by atoms with E-state index in [0.717, 1.165) is 35.1 Å². The molecule has 3 aliphatic rings. The van der Waals surface area contributed by atoms with E-state index in [1.807, 2.05) is 43.3 Å². The Morgan fingerprint density at radius 3 is 2.49 bits per heavy atom. The zero-order valence-corrected chi connectivity index (χ0v) is 22.3. The van der Waals surface area contributed by atoms with Gasteiger partial charge in [0.15, 0.2) is 11.5 Å². The fourth-order valence-corrected chi connectivity index (χ4v) is 7.15. The first kappa shape index (κ1) is 25.4. The van der Waals surface area contributed by atoms with Crippen LogP contribution in [0.15, 0.2) is 65.6 Å². The highest BCUT2D eigenvalue weighted by Crippen LogP contribution is 2.51. The van der Waals surface area contributed by atoms with Crippen LogP contribution in [0.1, 0.15) is 39.7 Å². The summed E-state index contributed by atoms with van der Waals surface area (Å²) in [5, 5.41) is 3.08. The minimum atomic E-state index is -3.85. The van der Waals surface area contributed by atoms with Crippen LogP contribution in [0.3, 0.4) is 0 Å². The summed E-state index contributed by atoms with van der Waals surface area (Å²) >= 11 is 0. The molecule has 0 aromatic heterocycles. The Balaban J connectivity index is 0.00000194. The zero-order valence-electron chi connectivity index (χ0n) is 21.5. The topological polar surface area (TPSA) is 128 Å². The fourth-order valence-electron chi connectivity index (χ4n) is 5.48. The van der Waals surface area contributed by atoms with Crippen molar-refractivity contribution in [1.82, 2.24) is 4.31 Å². The van der Waals surface area contributed by atoms with Crippen LogP contribution in [0.25, 0.3) is 11.1 Å². The fraction of sp³-hybridized carbons (Fsp3) is 0.310. The summed E-state index contributed by atoms with van der Waals surface area (Å²) in [6, 6.07) is 17.1. The first-order valence-electron chi connectivity index (χ1n) is 12.9. The first-order valence-corrected chi connectivity index (χ1v) is 14.4. The number of carbonyl (C=O) groups excluding carboxylic acids is 2. The van der Waals surface area contributed by atoms with Gasteiger partial charge < -0.3 is 20.5 Å². The van der Waals surface area contributed by atoms with E-state index in [1.165, 1.54) is 4.31 Å². The molecule has 3 aromatic carbocycles. The monoisotopic (exact) mass is 551 g/mol. The minimum Gasteiger partial charge on any atom is -0.454 e. The number of anilines is 1. The predicted molar refractivity (Wildman–Crippen MR) is 149 cm³/mol. The molecule has 1 atom stereocenters. The molecular weight excluding hydrogens is 518 g/mol. The Labute approximate surface area is 229 Å². The molecule has 2 fully saturated rings. The van der Waals surface area contributed by atoms with Crippen molar-refractivity contribution in [2.75, 3.05) is 18.7 Å². The first-order chi connectivity index (χ1) is 18.7. The number of sulfonamides is 1. The second kappa shape index (κ2) is 9.39. The lowest BCUT2D eigenvalue weighted by Gasteiger charge is -2.21. The van der Waals surface area contributed by atoms with E-state index in [1.54, 1.807) is 24.3 Å². The van der Waals surface area contributed by atoms with E-state index >= 15 is 0 Å². The van der Waals surface area contributed by atoms with E-state index in [0.29, 0.717) is 30.0 Å². The molecule has 2 heterocycles. The van der Waals surface area contributed by atoms with Gasteiger partial charge in [-0.1, -0.05) is 24.3 Å². The van der Waals surface area contributed by atoms with Crippen molar-refractivity contribution in [3.63, 3.8) is 0 Å². The van der Waals surface area contributed by atoms with Crippen molar-refractivity contribution in [2.24, 2.45) is 5.73 Å². The Morgan fingerprint density at radius 2 is 1.77 bits per heavy atom. The number of fused-ring (bicyclic) bond motifs is 1. The number of benzene rings is 3. The molecule has 2 amide bonds. The van der Waals surface area contributed by atoms with Crippen LogP contribution in [0.4, 0.5) is 5.69 Å². The molecule has 1 saturated carbocycles. The molecule has 10 heteroatoms. The number of nitrogens with one attached hydrogen (secondary N) is 1. The molecule has 0 bridgehead atoms. The normalized spacial score (nSPS) is 19.6. The number of amides is 2.